The van der Waals surface area contributed by atoms with E-state index < -0.39 is 10.0 Å². The van der Waals surface area contributed by atoms with Crippen LogP contribution in [0.25, 0.3) is 0 Å². The van der Waals surface area contributed by atoms with Gasteiger partial charge >= 0.3 is 0 Å². The van der Waals surface area contributed by atoms with E-state index in [4.69, 9.17) is 4.74 Å². The van der Waals surface area contributed by atoms with Gasteiger partial charge in [0.25, 0.3) is 15.9 Å². The van der Waals surface area contributed by atoms with Gasteiger partial charge in [0, 0.05) is 43.0 Å². The number of sulfonamides is 1. The highest BCUT2D eigenvalue weighted by Gasteiger charge is 2.28. The molecule has 2 aromatic carbocycles. The number of carbonyl (C=O) groups excluding carboxylic acids is 1. The number of nitrogens with one attached hydrogen (secondary N) is 2. The van der Waals surface area contributed by atoms with Gasteiger partial charge in [-0.25, -0.2) is 0 Å². The van der Waals surface area contributed by atoms with Crippen molar-refractivity contribution in [1.82, 2.24) is 10.2 Å². The fourth-order valence-electron chi connectivity index (χ4n) is 3.93. The van der Waals surface area contributed by atoms with Crippen LogP contribution in [0.15, 0.2) is 57.8 Å². The van der Waals surface area contributed by atoms with Crippen LogP contribution in [0, 0.1) is 0 Å². The van der Waals surface area contributed by atoms with Gasteiger partial charge in [0.2, 0.25) is 0 Å². The Labute approximate surface area is 182 Å². The van der Waals surface area contributed by atoms with Gasteiger partial charge in [0.15, 0.2) is 5.84 Å². The third kappa shape index (κ3) is 4.95. The van der Waals surface area contributed by atoms with Crippen molar-refractivity contribution in [2.45, 2.75) is 31.0 Å². The lowest BCUT2D eigenvalue weighted by molar-refractivity contribution is -0.0672. The molecule has 0 aliphatic carbocycles. The number of anilines is 1. The monoisotopic (exact) mass is 442 g/mol. The number of hydrogen-bond acceptors (Lipinski definition) is 6. The normalized spacial score (nSPS) is 22.5. The van der Waals surface area contributed by atoms with E-state index in [1.165, 1.54) is 6.07 Å². The molecule has 0 radical (unpaired) electrons. The molecule has 4 rings (SSSR count). The highest BCUT2D eigenvalue weighted by Crippen LogP contribution is 2.26. The van der Waals surface area contributed by atoms with Crippen molar-refractivity contribution in [1.29, 1.82) is 0 Å². The summed E-state index contributed by atoms with van der Waals surface area (Å²) in [5, 5.41) is 5.98. The van der Waals surface area contributed by atoms with Gasteiger partial charge in [0.05, 0.1) is 12.2 Å². The number of ether oxygens (including phenoxy) is 1. The highest BCUT2D eigenvalue weighted by molar-refractivity contribution is 7.90. The van der Waals surface area contributed by atoms with E-state index >= 15 is 0 Å². The van der Waals surface area contributed by atoms with Gasteiger partial charge in [0.1, 0.15) is 4.90 Å². The first-order valence-corrected chi connectivity index (χ1v) is 11.7. The van der Waals surface area contributed by atoms with Gasteiger partial charge < -0.3 is 15.4 Å². The zero-order valence-corrected chi connectivity index (χ0v) is 18.4. The summed E-state index contributed by atoms with van der Waals surface area (Å²) in [5.74, 6) is 0.133. The lowest BCUT2D eigenvalue weighted by Crippen LogP contribution is -2.47. The van der Waals surface area contributed by atoms with Gasteiger partial charge in [-0.2, -0.15) is 8.42 Å². The van der Waals surface area contributed by atoms with Crippen LogP contribution >= 0.6 is 0 Å². The van der Waals surface area contributed by atoms with Crippen molar-refractivity contribution in [3.05, 3.63) is 59.7 Å². The Morgan fingerprint density at radius 2 is 1.77 bits per heavy atom. The Kier molecular flexibility index (Phi) is 6.08. The van der Waals surface area contributed by atoms with E-state index in [0.717, 1.165) is 19.6 Å². The number of amidine groups is 1. The average Bonchev–Trinajstić information content (AvgIpc) is 2.98. The Morgan fingerprint density at radius 3 is 2.48 bits per heavy atom. The SMILES string of the molecule is CC1CN(CCNC(=O)c2ccc(NC3=NS(=O)(=O)c4ccccc43)cc2)CC(C)O1. The average molecular weight is 443 g/mol. The second-order valence-corrected chi connectivity index (χ2v) is 9.46. The number of benzene rings is 2. The molecule has 0 spiro atoms. The van der Waals surface area contributed by atoms with E-state index in [2.05, 4.69) is 33.8 Å². The van der Waals surface area contributed by atoms with E-state index in [0.29, 0.717) is 23.4 Å². The minimum atomic E-state index is -3.67. The summed E-state index contributed by atoms with van der Waals surface area (Å²) < 4.78 is 33.9. The van der Waals surface area contributed by atoms with Crippen molar-refractivity contribution in [2.75, 3.05) is 31.5 Å². The molecule has 0 aromatic heterocycles. The molecule has 1 amide bonds. The standard InChI is InChI=1S/C22H26N4O4S/c1-15-13-26(14-16(2)30-15)12-11-23-22(27)17-7-9-18(10-8-17)24-21-19-5-3-4-6-20(19)31(28,29)25-21/h3-10,15-16H,11-14H2,1-2H3,(H,23,27)(H,24,25). The van der Waals surface area contributed by atoms with Crippen LogP contribution in [0.3, 0.4) is 0 Å². The first-order chi connectivity index (χ1) is 14.8. The molecular formula is C22H26N4O4S. The van der Waals surface area contributed by atoms with Gasteiger partial charge in [-0.1, -0.05) is 12.1 Å². The number of hydrogen-bond donors (Lipinski definition) is 2. The molecule has 2 aliphatic rings. The number of amides is 1. The molecule has 8 nitrogen and oxygen atoms in total. The molecule has 31 heavy (non-hydrogen) atoms. The van der Waals surface area contributed by atoms with Crippen molar-refractivity contribution in [3.63, 3.8) is 0 Å². The summed E-state index contributed by atoms with van der Waals surface area (Å²) in [6, 6.07) is 13.6. The number of nitrogens with zero attached hydrogens (tertiary/aromatic N) is 2. The zero-order chi connectivity index (χ0) is 22.0. The van der Waals surface area contributed by atoms with Gasteiger partial charge in [-0.05, 0) is 50.2 Å². The van der Waals surface area contributed by atoms with Crippen molar-refractivity contribution >= 4 is 27.5 Å². The molecule has 2 aromatic rings. The predicted octanol–water partition coefficient (Wildman–Crippen LogP) is 2.09. The zero-order valence-electron chi connectivity index (χ0n) is 17.5. The third-order valence-corrected chi connectivity index (χ3v) is 6.58. The minimum Gasteiger partial charge on any atom is -0.373 e. The van der Waals surface area contributed by atoms with Crippen LogP contribution in [-0.2, 0) is 14.8 Å². The molecule has 2 heterocycles. The van der Waals surface area contributed by atoms with E-state index in [-0.39, 0.29) is 28.8 Å². The van der Waals surface area contributed by atoms with Crippen LogP contribution in [0.5, 0.6) is 0 Å². The Morgan fingerprint density at radius 1 is 1.10 bits per heavy atom. The van der Waals surface area contributed by atoms with E-state index in [1.807, 2.05) is 0 Å². The molecule has 9 heteroatoms. The molecule has 0 saturated carbocycles. The lowest BCUT2D eigenvalue weighted by Gasteiger charge is -2.35. The van der Waals surface area contributed by atoms with Gasteiger partial charge in [-0.3, -0.25) is 9.69 Å². The maximum atomic E-state index is 12.4. The summed E-state index contributed by atoms with van der Waals surface area (Å²) >= 11 is 0. The number of rotatable bonds is 5. The summed E-state index contributed by atoms with van der Waals surface area (Å²) in [4.78, 5) is 14.9. The Balaban J connectivity index is 1.33. The molecule has 1 saturated heterocycles. The van der Waals surface area contributed by atoms with Crippen LogP contribution in [-0.4, -0.2) is 63.4 Å². The Bertz CT molecular complexity index is 1090. The Hall–Kier alpha value is -2.75. The van der Waals surface area contributed by atoms with Crippen LogP contribution in [0.4, 0.5) is 5.69 Å². The highest BCUT2D eigenvalue weighted by atomic mass is 32.2. The summed E-state index contributed by atoms with van der Waals surface area (Å²) in [6.45, 7) is 7.18. The van der Waals surface area contributed by atoms with Crippen molar-refractivity contribution in [3.8, 4) is 0 Å². The second kappa shape index (κ2) is 8.78. The molecule has 2 aliphatic heterocycles. The first-order valence-electron chi connectivity index (χ1n) is 10.3. The molecule has 164 valence electrons. The third-order valence-electron chi connectivity index (χ3n) is 5.25. The first kappa shape index (κ1) is 21.5. The van der Waals surface area contributed by atoms with Crippen LogP contribution < -0.4 is 10.6 Å². The van der Waals surface area contributed by atoms with Crippen molar-refractivity contribution < 1.29 is 17.9 Å². The fraction of sp³-hybridized carbons (Fsp3) is 0.364. The molecule has 2 unspecified atom stereocenters. The predicted molar refractivity (Wildman–Crippen MR) is 119 cm³/mol. The molecule has 2 N–H and O–H groups in total. The number of carbonyl (C=O) groups is 1. The van der Waals surface area contributed by atoms with E-state index in [1.54, 1.807) is 42.5 Å². The second-order valence-electron chi connectivity index (χ2n) is 7.89. The number of morpholine rings is 1. The smallest absolute Gasteiger partial charge is 0.285 e. The van der Waals surface area contributed by atoms with Crippen LogP contribution in [0.1, 0.15) is 29.8 Å². The summed E-state index contributed by atoms with van der Waals surface area (Å²) in [5.41, 5.74) is 1.73. The fourth-order valence-corrected chi connectivity index (χ4v) is 5.11. The molecule has 1 fully saturated rings. The topological polar surface area (TPSA) is 100 Å². The van der Waals surface area contributed by atoms with Crippen molar-refractivity contribution in [2.24, 2.45) is 4.40 Å². The maximum Gasteiger partial charge on any atom is 0.285 e. The quantitative estimate of drug-likeness (QED) is 0.736. The van der Waals surface area contributed by atoms with Gasteiger partial charge in [-0.15, -0.1) is 4.40 Å². The molecule has 2 atom stereocenters. The lowest BCUT2D eigenvalue weighted by atomic mass is 10.1. The molecule has 0 bridgehead atoms. The van der Waals surface area contributed by atoms with E-state index in [9.17, 15) is 13.2 Å². The largest absolute Gasteiger partial charge is 0.373 e. The molecular weight excluding hydrogens is 416 g/mol. The number of fused-ring (bicyclic) bond motifs is 1. The minimum absolute atomic E-state index is 0.146. The van der Waals surface area contributed by atoms with Crippen LogP contribution in [0.2, 0.25) is 0 Å². The maximum absolute atomic E-state index is 12.4. The summed E-state index contributed by atoms with van der Waals surface area (Å²) in [6.07, 6.45) is 0.400. The summed E-state index contributed by atoms with van der Waals surface area (Å²) in [7, 11) is -3.67.